The minimum atomic E-state index is -0.949. The minimum absolute atomic E-state index is 0.100. The van der Waals surface area contributed by atoms with E-state index in [-0.39, 0.29) is 18.3 Å². The molecule has 0 unspecified atom stereocenters. The van der Waals surface area contributed by atoms with Crippen LogP contribution in [0.1, 0.15) is 12.0 Å². The van der Waals surface area contributed by atoms with Gasteiger partial charge in [0, 0.05) is 17.0 Å². The molecule has 1 N–H and O–H groups in total. The van der Waals surface area contributed by atoms with Gasteiger partial charge in [0.05, 0.1) is 11.6 Å². The van der Waals surface area contributed by atoms with Crippen molar-refractivity contribution in [3.63, 3.8) is 0 Å². The molecule has 0 saturated carbocycles. The molecule has 2 rings (SSSR count). The van der Waals surface area contributed by atoms with Gasteiger partial charge in [-0.2, -0.15) is 0 Å². The fraction of sp³-hybridized carbons (Fsp3) is 0.167. The monoisotopic (exact) mass is 252 g/mol. The highest BCUT2D eigenvalue weighted by Gasteiger charge is 2.08. The Morgan fingerprint density at radius 2 is 2.18 bits per heavy atom. The van der Waals surface area contributed by atoms with E-state index in [1.807, 2.05) is 0 Å². The average molecular weight is 253 g/mol. The van der Waals surface area contributed by atoms with E-state index in [2.05, 4.69) is 0 Å². The van der Waals surface area contributed by atoms with Gasteiger partial charge in [0.25, 0.3) is 0 Å². The van der Waals surface area contributed by atoms with Crippen LogP contribution in [0.4, 0.5) is 0 Å². The Morgan fingerprint density at radius 1 is 1.41 bits per heavy atom. The Balaban J connectivity index is 2.49. The van der Waals surface area contributed by atoms with Crippen LogP contribution in [0.3, 0.4) is 0 Å². The standard InChI is InChI=1S/C12H9ClO4/c13-8-2-3-10-9(5-8)12(16)7(6-17-10)1-4-11(14)15/h2-3,5-6H,1,4H2,(H,14,15). The molecule has 0 radical (unpaired) electrons. The summed E-state index contributed by atoms with van der Waals surface area (Å²) in [7, 11) is 0. The molecule has 0 aliphatic rings. The molecule has 0 fully saturated rings. The molecule has 0 aliphatic heterocycles. The number of aryl methyl sites for hydroxylation is 1. The Kier molecular flexibility index (Phi) is 3.15. The van der Waals surface area contributed by atoms with E-state index < -0.39 is 5.97 Å². The first kappa shape index (κ1) is 11.7. The van der Waals surface area contributed by atoms with Crippen LogP contribution in [-0.2, 0) is 11.2 Å². The van der Waals surface area contributed by atoms with Crippen LogP contribution < -0.4 is 5.43 Å². The van der Waals surface area contributed by atoms with Crippen molar-refractivity contribution in [2.24, 2.45) is 0 Å². The zero-order valence-corrected chi connectivity index (χ0v) is 9.53. The summed E-state index contributed by atoms with van der Waals surface area (Å²) in [5.74, 6) is -0.949. The van der Waals surface area contributed by atoms with Crippen LogP contribution in [-0.4, -0.2) is 11.1 Å². The second kappa shape index (κ2) is 4.59. The zero-order valence-electron chi connectivity index (χ0n) is 8.77. The molecular weight excluding hydrogens is 244 g/mol. The van der Waals surface area contributed by atoms with E-state index in [1.54, 1.807) is 12.1 Å². The quantitative estimate of drug-likeness (QED) is 0.911. The van der Waals surface area contributed by atoms with Crippen molar-refractivity contribution in [3.05, 3.63) is 45.3 Å². The minimum Gasteiger partial charge on any atom is -0.481 e. The lowest BCUT2D eigenvalue weighted by molar-refractivity contribution is -0.136. The summed E-state index contributed by atoms with van der Waals surface area (Å²) in [5, 5.41) is 9.39. The smallest absolute Gasteiger partial charge is 0.303 e. The summed E-state index contributed by atoms with van der Waals surface area (Å²) < 4.78 is 5.26. The fourth-order valence-corrected chi connectivity index (χ4v) is 1.73. The van der Waals surface area contributed by atoms with Gasteiger partial charge in [-0.1, -0.05) is 11.6 Å². The molecule has 0 aliphatic carbocycles. The molecule has 0 atom stereocenters. The van der Waals surface area contributed by atoms with Crippen molar-refractivity contribution in [2.75, 3.05) is 0 Å². The van der Waals surface area contributed by atoms with Crippen molar-refractivity contribution in [3.8, 4) is 0 Å². The maximum absolute atomic E-state index is 12.0. The predicted molar refractivity (Wildman–Crippen MR) is 63.5 cm³/mol. The van der Waals surface area contributed by atoms with Gasteiger partial charge in [0.2, 0.25) is 0 Å². The molecule has 0 spiro atoms. The number of halogens is 1. The number of rotatable bonds is 3. The number of carbonyl (C=O) groups is 1. The highest BCUT2D eigenvalue weighted by molar-refractivity contribution is 6.31. The van der Waals surface area contributed by atoms with Gasteiger partial charge >= 0.3 is 5.97 Å². The van der Waals surface area contributed by atoms with Gasteiger partial charge in [-0.25, -0.2) is 0 Å². The van der Waals surface area contributed by atoms with Crippen LogP contribution in [0.5, 0.6) is 0 Å². The van der Waals surface area contributed by atoms with Gasteiger partial charge in [-0.05, 0) is 24.6 Å². The third-order valence-corrected chi connectivity index (χ3v) is 2.65. The van der Waals surface area contributed by atoms with Crippen LogP contribution in [0, 0.1) is 0 Å². The first-order chi connectivity index (χ1) is 8.08. The summed E-state index contributed by atoms with van der Waals surface area (Å²) >= 11 is 5.80. The molecule has 4 nitrogen and oxygen atoms in total. The van der Waals surface area contributed by atoms with Gasteiger partial charge in [0.15, 0.2) is 5.43 Å². The number of carboxylic acid groups (broad SMARTS) is 1. The molecule has 2 aromatic rings. The number of aliphatic carboxylic acids is 1. The molecule has 0 saturated heterocycles. The van der Waals surface area contributed by atoms with E-state index in [4.69, 9.17) is 21.1 Å². The molecule has 1 aromatic heterocycles. The highest BCUT2D eigenvalue weighted by atomic mass is 35.5. The lowest BCUT2D eigenvalue weighted by Gasteiger charge is -2.01. The van der Waals surface area contributed by atoms with Crippen molar-refractivity contribution >= 4 is 28.5 Å². The topological polar surface area (TPSA) is 67.5 Å². The van der Waals surface area contributed by atoms with Gasteiger partial charge in [0.1, 0.15) is 5.58 Å². The predicted octanol–water partition coefficient (Wildman–Crippen LogP) is 2.46. The maximum Gasteiger partial charge on any atom is 0.303 e. The van der Waals surface area contributed by atoms with Crippen LogP contribution in [0.15, 0.2) is 33.7 Å². The van der Waals surface area contributed by atoms with Crippen molar-refractivity contribution in [1.29, 1.82) is 0 Å². The Hall–Kier alpha value is -1.81. The third kappa shape index (κ3) is 2.47. The average Bonchev–Trinajstić information content (AvgIpc) is 2.29. The number of fused-ring (bicyclic) bond motifs is 1. The molecule has 0 amide bonds. The number of carboxylic acids is 1. The van der Waals surface area contributed by atoms with Crippen LogP contribution >= 0.6 is 11.6 Å². The third-order valence-electron chi connectivity index (χ3n) is 2.41. The number of hydrogen-bond donors (Lipinski definition) is 1. The molecule has 1 aromatic carbocycles. The Morgan fingerprint density at radius 3 is 2.88 bits per heavy atom. The summed E-state index contributed by atoms with van der Waals surface area (Å²) in [6.07, 6.45) is 1.36. The number of benzene rings is 1. The largest absolute Gasteiger partial charge is 0.481 e. The molecule has 17 heavy (non-hydrogen) atoms. The number of hydrogen-bond acceptors (Lipinski definition) is 3. The van der Waals surface area contributed by atoms with E-state index in [1.165, 1.54) is 12.3 Å². The van der Waals surface area contributed by atoms with Crippen LogP contribution in [0.2, 0.25) is 5.02 Å². The Labute approximate surface area is 101 Å². The molecule has 88 valence electrons. The molecule has 5 heteroatoms. The van der Waals surface area contributed by atoms with Crippen molar-refractivity contribution in [1.82, 2.24) is 0 Å². The van der Waals surface area contributed by atoms with Crippen LogP contribution in [0.25, 0.3) is 11.0 Å². The van der Waals surface area contributed by atoms with E-state index in [0.717, 1.165) is 0 Å². The maximum atomic E-state index is 12.0. The molecular formula is C12H9ClO4. The van der Waals surface area contributed by atoms with Crippen molar-refractivity contribution in [2.45, 2.75) is 12.8 Å². The second-order valence-corrected chi connectivity index (χ2v) is 4.06. The highest BCUT2D eigenvalue weighted by Crippen LogP contribution is 2.17. The van der Waals surface area contributed by atoms with E-state index in [9.17, 15) is 9.59 Å². The summed E-state index contributed by atoms with van der Waals surface area (Å²) in [6.45, 7) is 0. The first-order valence-corrected chi connectivity index (χ1v) is 5.37. The van der Waals surface area contributed by atoms with Gasteiger partial charge < -0.3 is 9.52 Å². The Bertz CT molecular complexity index is 630. The van der Waals surface area contributed by atoms with Gasteiger partial charge in [-0.3, -0.25) is 9.59 Å². The normalized spacial score (nSPS) is 10.6. The lowest BCUT2D eigenvalue weighted by atomic mass is 10.1. The SMILES string of the molecule is O=C(O)CCc1coc2ccc(Cl)cc2c1=O. The fourth-order valence-electron chi connectivity index (χ4n) is 1.56. The first-order valence-electron chi connectivity index (χ1n) is 4.99. The zero-order chi connectivity index (χ0) is 12.4. The summed E-state index contributed by atoms with van der Waals surface area (Å²) in [4.78, 5) is 22.4. The summed E-state index contributed by atoms with van der Waals surface area (Å²) in [5.41, 5.74) is 0.565. The second-order valence-electron chi connectivity index (χ2n) is 3.62. The van der Waals surface area contributed by atoms with Gasteiger partial charge in [-0.15, -0.1) is 0 Å². The van der Waals surface area contributed by atoms with E-state index >= 15 is 0 Å². The lowest BCUT2D eigenvalue weighted by Crippen LogP contribution is -2.10. The van der Waals surface area contributed by atoms with Crippen molar-refractivity contribution < 1.29 is 14.3 Å². The molecule has 1 heterocycles. The summed E-state index contributed by atoms with van der Waals surface area (Å²) in [6, 6.07) is 4.76. The molecule has 0 bridgehead atoms. The van der Waals surface area contributed by atoms with E-state index in [0.29, 0.717) is 21.6 Å².